The molecule has 0 aromatic carbocycles. The van der Waals surface area contributed by atoms with Gasteiger partial charge in [0.25, 0.3) is 0 Å². The molecule has 0 bridgehead atoms. The van der Waals surface area contributed by atoms with Crippen LogP contribution in [0.15, 0.2) is 22.9 Å². The topological polar surface area (TPSA) is 43.0 Å². The Morgan fingerprint density at radius 1 is 1.44 bits per heavy atom. The number of furan rings is 1. The van der Waals surface area contributed by atoms with Crippen molar-refractivity contribution in [1.82, 2.24) is 15.1 Å². The molecule has 0 fully saturated rings. The van der Waals surface area contributed by atoms with Crippen LogP contribution in [0, 0.1) is 6.92 Å². The van der Waals surface area contributed by atoms with Gasteiger partial charge in [-0.15, -0.1) is 0 Å². The molecule has 0 saturated heterocycles. The Kier molecular flexibility index (Phi) is 3.78. The summed E-state index contributed by atoms with van der Waals surface area (Å²) < 4.78 is 7.31. The minimum absolute atomic E-state index is 0.0140. The lowest BCUT2D eigenvalue weighted by Gasteiger charge is -2.19. The Labute approximate surface area is 112 Å². The van der Waals surface area contributed by atoms with E-state index in [0.717, 1.165) is 17.0 Å². The van der Waals surface area contributed by atoms with Gasteiger partial charge in [0.2, 0.25) is 0 Å². The number of rotatable bonds is 4. The highest BCUT2D eigenvalue weighted by Crippen LogP contribution is 2.30. The first kappa shape index (κ1) is 13.2. The molecule has 98 valence electrons. The zero-order chi connectivity index (χ0) is 13.3. The molecule has 0 aliphatic rings. The monoisotopic (exact) mass is 267 g/mol. The number of nitrogens with zero attached hydrogens (tertiary/aromatic N) is 2. The van der Waals surface area contributed by atoms with E-state index in [2.05, 4.69) is 24.3 Å². The Morgan fingerprint density at radius 3 is 2.67 bits per heavy atom. The first-order valence-corrected chi connectivity index (χ1v) is 6.37. The van der Waals surface area contributed by atoms with Crippen molar-refractivity contribution in [3.05, 3.63) is 40.6 Å². The van der Waals surface area contributed by atoms with Gasteiger partial charge in [-0.2, -0.15) is 5.10 Å². The van der Waals surface area contributed by atoms with Gasteiger partial charge >= 0.3 is 0 Å². The lowest BCUT2D eigenvalue weighted by Crippen LogP contribution is -2.22. The molecule has 1 atom stereocenters. The number of hydrogen-bond acceptors (Lipinski definition) is 3. The molecule has 1 N–H and O–H groups in total. The molecule has 0 spiro atoms. The molecule has 0 radical (unpaired) electrons. The molecule has 5 heteroatoms. The minimum Gasteiger partial charge on any atom is -0.469 e. The average molecular weight is 268 g/mol. The van der Waals surface area contributed by atoms with Crippen LogP contribution >= 0.6 is 11.6 Å². The normalized spacial score (nSPS) is 13.2. The zero-order valence-electron chi connectivity index (χ0n) is 11.1. The number of nitrogens with one attached hydrogen (secondary N) is 1. The Balaban J connectivity index is 2.47. The second-order valence-electron chi connectivity index (χ2n) is 4.63. The highest BCUT2D eigenvalue weighted by molar-refractivity contribution is 6.31. The minimum atomic E-state index is -0.0140. The van der Waals surface area contributed by atoms with Crippen molar-refractivity contribution >= 4 is 11.6 Å². The molecule has 0 aliphatic heterocycles. The third kappa shape index (κ3) is 2.31. The maximum absolute atomic E-state index is 6.27. The lowest BCUT2D eigenvalue weighted by atomic mass is 10.1. The van der Waals surface area contributed by atoms with Gasteiger partial charge in [-0.25, -0.2) is 0 Å². The van der Waals surface area contributed by atoms with E-state index in [-0.39, 0.29) is 12.1 Å². The van der Waals surface area contributed by atoms with Crippen molar-refractivity contribution in [2.45, 2.75) is 32.9 Å². The van der Waals surface area contributed by atoms with E-state index in [9.17, 15) is 0 Å². The highest BCUT2D eigenvalue weighted by atomic mass is 35.5. The molecule has 2 heterocycles. The van der Waals surface area contributed by atoms with Gasteiger partial charge in [-0.3, -0.25) is 4.68 Å². The summed E-state index contributed by atoms with van der Waals surface area (Å²) in [4.78, 5) is 0. The van der Waals surface area contributed by atoms with Crippen molar-refractivity contribution in [2.75, 3.05) is 7.05 Å². The summed E-state index contributed by atoms with van der Waals surface area (Å²) in [5, 5.41) is 8.26. The molecule has 2 aromatic heterocycles. The predicted molar refractivity (Wildman–Crippen MR) is 72.0 cm³/mol. The summed E-state index contributed by atoms with van der Waals surface area (Å²) in [5.74, 6) is 0.886. The standard InChI is InChI=1S/C13H18ClN3O/c1-8(2)17-13(11(14)6-16-17)12(15-4)10-5-9(3)18-7-10/h5-8,12,15H,1-4H3. The average Bonchev–Trinajstić information content (AvgIpc) is 2.88. The van der Waals surface area contributed by atoms with Crippen molar-refractivity contribution < 1.29 is 4.42 Å². The van der Waals surface area contributed by atoms with Crippen molar-refractivity contribution in [3.8, 4) is 0 Å². The predicted octanol–water partition coefficient (Wildman–Crippen LogP) is 3.33. The van der Waals surface area contributed by atoms with Gasteiger partial charge < -0.3 is 9.73 Å². The molecule has 0 aliphatic carbocycles. The number of halogens is 1. The molecule has 0 amide bonds. The second kappa shape index (κ2) is 5.16. The fraction of sp³-hybridized carbons (Fsp3) is 0.462. The maximum Gasteiger partial charge on any atom is 0.101 e. The van der Waals surface area contributed by atoms with Crippen LogP contribution < -0.4 is 5.32 Å². The molecular weight excluding hydrogens is 250 g/mol. The van der Waals surface area contributed by atoms with E-state index >= 15 is 0 Å². The van der Waals surface area contributed by atoms with Gasteiger partial charge in [0, 0.05) is 11.6 Å². The van der Waals surface area contributed by atoms with E-state index in [1.165, 1.54) is 0 Å². The SMILES string of the molecule is CNC(c1coc(C)c1)c1c(Cl)cnn1C(C)C. The van der Waals surface area contributed by atoms with E-state index in [1.807, 2.05) is 24.7 Å². The fourth-order valence-corrected chi connectivity index (χ4v) is 2.35. The summed E-state index contributed by atoms with van der Waals surface area (Å²) in [7, 11) is 1.90. The third-order valence-electron chi connectivity index (χ3n) is 2.92. The van der Waals surface area contributed by atoms with Crippen molar-refractivity contribution in [3.63, 3.8) is 0 Å². The Bertz CT molecular complexity index is 530. The van der Waals surface area contributed by atoms with Gasteiger partial charge in [0.05, 0.1) is 29.2 Å². The Morgan fingerprint density at radius 2 is 2.17 bits per heavy atom. The molecule has 0 saturated carbocycles. The van der Waals surface area contributed by atoms with Gasteiger partial charge in [-0.1, -0.05) is 11.6 Å². The van der Waals surface area contributed by atoms with Crippen LogP contribution in [-0.2, 0) is 0 Å². The third-order valence-corrected chi connectivity index (χ3v) is 3.21. The highest BCUT2D eigenvalue weighted by Gasteiger charge is 2.23. The van der Waals surface area contributed by atoms with Crippen molar-refractivity contribution in [2.24, 2.45) is 0 Å². The summed E-state index contributed by atoms with van der Waals surface area (Å²) >= 11 is 6.27. The first-order valence-electron chi connectivity index (χ1n) is 5.99. The Hall–Kier alpha value is -1.26. The van der Waals surface area contributed by atoms with Crippen LogP contribution in [0.25, 0.3) is 0 Å². The summed E-state index contributed by atoms with van der Waals surface area (Å²) in [6, 6.07) is 2.26. The van der Waals surface area contributed by atoms with E-state index in [4.69, 9.17) is 16.0 Å². The summed E-state index contributed by atoms with van der Waals surface area (Å²) in [5.41, 5.74) is 2.02. The molecule has 18 heavy (non-hydrogen) atoms. The maximum atomic E-state index is 6.27. The van der Waals surface area contributed by atoms with Gasteiger partial charge in [0.15, 0.2) is 0 Å². The van der Waals surface area contributed by atoms with Crippen LogP contribution in [-0.4, -0.2) is 16.8 Å². The first-order chi connectivity index (χ1) is 8.54. The largest absolute Gasteiger partial charge is 0.469 e. The van der Waals surface area contributed by atoms with Crippen LogP contribution in [0.3, 0.4) is 0 Å². The smallest absolute Gasteiger partial charge is 0.101 e. The summed E-state index contributed by atoms with van der Waals surface area (Å²) in [6.07, 6.45) is 3.44. The van der Waals surface area contributed by atoms with E-state index in [0.29, 0.717) is 5.02 Å². The molecule has 2 aromatic rings. The molecule has 1 unspecified atom stereocenters. The quantitative estimate of drug-likeness (QED) is 0.924. The number of aromatic nitrogens is 2. The zero-order valence-corrected chi connectivity index (χ0v) is 11.8. The van der Waals surface area contributed by atoms with Crippen LogP contribution in [0.4, 0.5) is 0 Å². The molecule has 4 nitrogen and oxygen atoms in total. The van der Waals surface area contributed by atoms with Crippen LogP contribution in [0.1, 0.15) is 42.9 Å². The lowest BCUT2D eigenvalue weighted by molar-refractivity contribution is 0.480. The number of aryl methyl sites for hydroxylation is 1. The van der Waals surface area contributed by atoms with Crippen molar-refractivity contribution in [1.29, 1.82) is 0 Å². The second-order valence-corrected chi connectivity index (χ2v) is 5.04. The fourth-order valence-electron chi connectivity index (χ4n) is 2.11. The van der Waals surface area contributed by atoms with E-state index < -0.39 is 0 Å². The molecule has 2 rings (SSSR count). The van der Waals surface area contributed by atoms with Crippen LogP contribution in [0.2, 0.25) is 5.02 Å². The van der Waals surface area contributed by atoms with E-state index in [1.54, 1.807) is 12.5 Å². The number of hydrogen-bond donors (Lipinski definition) is 1. The van der Waals surface area contributed by atoms with Crippen LogP contribution in [0.5, 0.6) is 0 Å². The molecular formula is C13H18ClN3O. The van der Waals surface area contributed by atoms with Gasteiger partial charge in [-0.05, 0) is 33.9 Å². The summed E-state index contributed by atoms with van der Waals surface area (Å²) in [6.45, 7) is 6.10. The van der Waals surface area contributed by atoms with Gasteiger partial charge in [0.1, 0.15) is 5.76 Å².